The van der Waals surface area contributed by atoms with Gasteiger partial charge in [-0.1, -0.05) is 11.6 Å². The highest BCUT2D eigenvalue weighted by molar-refractivity contribution is 6.30. The van der Waals surface area contributed by atoms with E-state index in [2.05, 4.69) is 5.32 Å². The fourth-order valence-corrected chi connectivity index (χ4v) is 2.25. The largest absolute Gasteiger partial charge is 0.381 e. The number of rotatable bonds is 3. The summed E-state index contributed by atoms with van der Waals surface area (Å²) >= 11 is 5.65. The average molecular weight is 287 g/mol. The number of carbonyl (C=O) groups is 1. The molecule has 0 radical (unpaired) electrons. The lowest BCUT2D eigenvalue weighted by molar-refractivity contribution is -0.119. The van der Waals surface area contributed by atoms with E-state index in [1.807, 2.05) is 0 Å². The van der Waals surface area contributed by atoms with Crippen molar-refractivity contribution < 1.29 is 13.9 Å². The third kappa shape index (κ3) is 3.65. The molecule has 6 heteroatoms. The van der Waals surface area contributed by atoms with Crippen LogP contribution in [0, 0.1) is 11.7 Å². The molecule has 0 aromatic heterocycles. The first-order valence-corrected chi connectivity index (χ1v) is 6.55. The number of nitrogens with two attached hydrogens (primary N) is 1. The van der Waals surface area contributed by atoms with Crippen molar-refractivity contribution in [3.63, 3.8) is 0 Å². The molecule has 0 bridgehead atoms. The summed E-state index contributed by atoms with van der Waals surface area (Å²) in [7, 11) is 0. The molecule has 3 N–H and O–H groups in total. The van der Waals surface area contributed by atoms with Crippen molar-refractivity contribution in [1.82, 2.24) is 0 Å². The summed E-state index contributed by atoms with van der Waals surface area (Å²) in [5.41, 5.74) is 6.00. The van der Waals surface area contributed by atoms with Crippen molar-refractivity contribution in [1.29, 1.82) is 0 Å². The molecule has 0 saturated carbocycles. The number of ether oxygens (including phenoxy) is 1. The van der Waals surface area contributed by atoms with E-state index in [1.54, 1.807) is 0 Å². The first-order valence-electron chi connectivity index (χ1n) is 6.17. The van der Waals surface area contributed by atoms with Crippen LogP contribution in [0.1, 0.15) is 12.8 Å². The molecule has 19 heavy (non-hydrogen) atoms. The van der Waals surface area contributed by atoms with Crippen LogP contribution in [-0.2, 0) is 9.53 Å². The molecule has 1 aromatic carbocycles. The fraction of sp³-hybridized carbons (Fsp3) is 0.462. The van der Waals surface area contributed by atoms with Gasteiger partial charge in [0.2, 0.25) is 5.91 Å². The van der Waals surface area contributed by atoms with E-state index >= 15 is 0 Å². The van der Waals surface area contributed by atoms with E-state index in [1.165, 1.54) is 12.1 Å². The van der Waals surface area contributed by atoms with Gasteiger partial charge in [-0.25, -0.2) is 4.39 Å². The molecule has 1 saturated heterocycles. The summed E-state index contributed by atoms with van der Waals surface area (Å²) in [5, 5.41) is 2.78. The fourth-order valence-electron chi connectivity index (χ4n) is 2.10. The van der Waals surface area contributed by atoms with Crippen LogP contribution < -0.4 is 11.1 Å². The quantitative estimate of drug-likeness (QED) is 0.895. The Bertz CT molecular complexity index is 464. The van der Waals surface area contributed by atoms with Crippen molar-refractivity contribution in [2.45, 2.75) is 18.9 Å². The van der Waals surface area contributed by atoms with Crippen LogP contribution >= 0.6 is 11.6 Å². The first-order chi connectivity index (χ1) is 9.08. The number of amides is 1. The number of anilines is 1. The minimum atomic E-state index is -0.654. The summed E-state index contributed by atoms with van der Waals surface area (Å²) in [4.78, 5) is 12.0. The molecule has 1 amide bonds. The van der Waals surface area contributed by atoms with E-state index in [4.69, 9.17) is 22.1 Å². The van der Waals surface area contributed by atoms with E-state index in [0.29, 0.717) is 13.2 Å². The molecule has 4 nitrogen and oxygen atoms in total. The second-order valence-corrected chi connectivity index (χ2v) is 5.03. The Morgan fingerprint density at radius 2 is 2.16 bits per heavy atom. The zero-order chi connectivity index (χ0) is 13.8. The number of nitrogens with one attached hydrogen (secondary N) is 1. The highest BCUT2D eigenvalue weighted by Crippen LogP contribution is 2.21. The first kappa shape index (κ1) is 14.2. The van der Waals surface area contributed by atoms with Gasteiger partial charge < -0.3 is 15.8 Å². The summed E-state index contributed by atoms with van der Waals surface area (Å²) in [6, 6.07) is 3.43. The number of carbonyl (C=O) groups excluding carboxylic acids is 1. The Balaban J connectivity index is 1.99. The second-order valence-electron chi connectivity index (χ2n) is 4.59. The maximum atomic E-state index is 13.6. The molecule has 1 aromatic rings. The molecule has 1 atom stereocenters. The SMILES string of the molecule is NC(C(=O)Nc1ccc(Cl)cc1F)C1CCOCC1. The van der Waals surface area contributed by atoms with Gasteiger partial charge in [0.05, 0.1) is 11.7 Å². The lowest BCUT2D eigenvalue weighted by atomic mass is 9.92. The Hall–Kier alpha value is -1.17. The van der Waals surface area contributed by atoms with Gasteiger partial charge in [0, 0.05) is 18.2 Å². The lowest BCUT2D eigenvalue weighted by Gasteiger charge is -2.26. The van der Waals surface area contributed by atoms with Gasteiger partial charge in [-0.15, -0.1) is 0 Å². The van der Waals surface area contributed by atoms with Crippen molar-refractivity contribution in [3.8, 4) is 0 Å². The number of benzene rings is 1. The van der Waals surface area contributed by atoms with Crippen molar-refractivity contribution >= 4 is 23.2 Å². The van der Waals surface area contributed by atoms with Gasteiger partial charge in [-0.2, -0.15) is 0 Å². The van der Waals surface area contributed by atoms with E-state index in [-0.39, 0.29) is 22.5 Å². The second kappa shape index (κ2) is 6.32. The van der Waals surface area contributed by atoms with E-state index in [9.17, 15) is 9.18 Å². The van der Waals surface area contributed by atoms with Gasteiger partial charge in [-0.3, -0.25) is 4.79 Å². The van der Waals surface area contributed by atoms with Crippen LogP contribution in [0.5, 0.6) is 0 Å². The smallest absolute Gasteiger partial charge is 0.241 e. The van der Waals surface area contributed by atoms with Crippen LogP contribution in [0.2, 0.25) is 5.02 Å². The predicted molar refractivity (Wildman–Crippen MR) is 71.6 cm³/mol. The maximum absolute atomic E-state index is 13.6. The van der Waals surface area contributed by atoms with E-state index in [0.717, 1.165) is 18.9 Å². The van der Waals surface area contributed by atoms with Gasteiger partial charge in [0.25, 0.3) is 0 Å². The van der Waals surface area contributed by atoms with Crippen molar-refractivity contribution in [3.05, 3.63) is 29.0 Å². The Kier molecular flexibility index (Phi) is 4.74. The minimum absolute atomic E-state index is 0.0733. The standard InChI is InChI=1S/C13H16ClFN2O2/c14-9-1-2-11(10(15)7-9)17-13(18)12(16)8-3-5-19-6-4-8/h1-2,7-8,12H,3-6,16H2,(H,17,18). The zero-order valence-corrected chi connectivity index (χ0v) is 11.1. The Labute approximate surface area is 116 Å². The summed E-state index contributed by atoms with van der Waals surface area (Å²) < 4.78 is 18.8. The molecule has 0 spiro atoms. The highest BCUT2D eigenvalue weighted by atomic mass is 35.5. The van der Waals surface area contributed by atoms with Gasteiger partial charge >= 0.3 is 0 Å². The average Bonchev–Trinajstić information content (AvgIpc) is 2.42. The molecule has 1 aliphatic heterocycles. The molecule has 1 heterocycles. The predicted octanol–water partition coefficient (Wildman–Crippen LogP) is 2.17. The summed E-state index contributed by atoms with van der Waals surface area (Å²) in [6.45, 7) is 1.22. The van der Waals surface area contributed by atoms with Crippen LogP contribution in [-0.4, -0.2) is 25.2 Å². The number of halogens is 2. The van der Waals surface area contributed by atoms with Crippen LogP contribution in [0.4, 0.5) is 10.1 Å². The maximum Gasteiger partial charge on any atom is 0.241 e. The normalized spacial score (nSPS) is 18.1. The molecule has 1 aliphatic rings. The Morgan fingerprint density at radius 3 is 2.79 bits per heavy atom. The molecular formula is C13H16ClFN2O2. The Morgan fingerprint density at radius 1 is 1.47 bits per heavy atom. The van der Waals surface area contributed by atoms with Crippen LogP contribution in [0.25, 0.3) is 0 Å². The third-order valence-electron chi connectivity index (χ3n) is 3.27. The van der Waals surface area contributed by atoms with Gasteiger partial charge in [0.1, 0.15) is 5.82 Å². The summed E-state index contributed by atoms with van der Waals surface area (Å²) in [6.07, 6.45) is 1.50. The number of hydrogen-bond donors (Lipinski definition) is 2. The number of hydrogen-bond acceptors (Lipinski definition) is 3. The van der Waals surface area contributed by atoms with Crippen LogP contribution in [0.3, 0.4) is 0 Å². The molecule has 0 aliphatic carbocycles. The van der Waals surface area contributed by atoms with Crippen LogP contribution in [0.15, 0.2) is 18.2 Å². The van der Waals surface area contributed by atoms with Gasteiger partial charge in [-0.05, 0) is 37.0 Å². The lowest BCUT2D eigenvalue weighted by Crippen LogP contribution is -2.44. The van der Waals surface area contributed by atoms with E-state index < -0.39 is 11.9 Å². The van der Waals surface area contributed by atoms with Crippen molar-refractivity contribution in [2.75, 3.05) is 18.5 Å². The minimum Gasteiger partial charge on any atom is -0.381 e. The highest BCUT2D eigenvalue weighted by Gasteiger charge is 2.26. The molecule has 2 rings (SSSR count). The third-order valence-corrected chi connectivity index (χ3v) is 3.50. The molecular weight excluding hydrogens is 271 g/mol. The zero-order valence-electron chi connectivity index (χ0n) is 10.4. The topological polar surface area (TPSA) is 64.4 Å². The molecule has 1 unspecified atom stereocenters. The monoisotopic (exact) mass is 286 g/mol. The van der Waals surface area contributed by atoms with Gasteiger partial charge in [0.15, 0.2) is 0 Å². The molecule has 1 fully saturated rings. The summed E-state index contributed by atoms with van der Waals surface area (Å²) in [5.74, 6) is -0.878. The van der Waals surface area contributed by atoms with Crippen molar-refractivity contribution in [2.24, 2.45) is 11.7 Å². The molecule has 104 valence electrons.